The van der Waals surface area contributed by atoms with Gasteiger partial charge in [0.05, 0.1) is 35.5 Å². The van der Waals surface area contributed by atoms with E-state index in [-0.39, 0.29) is 0 Å². The second kappa shape index (κ2) is 5.57. The first kappa shape index (κ1) is 13.6. The minimum Gasteiger partial charge on any atom is -0.495 e. The molecule has 0 radical (unpaired) electrons. The van der Waals surface area contributed by atoms with E-state index in [0.717, 1.165) is 27.2 Å². The van der Waals surface area contributed by atoms with Crippen LogP contribution in [-0.4, -0.2) is 21.6 Å². The largest absolute Gasteiger partial charge is 0.495 e. The van der Waals surface area contributed by atoms with E-state index < -0.39 is 0 Å². The third-order valence-electron chi connectivity index (χ3n) is 3.13. The summed E-state index contributed by atoms with van der Waals surface area (Å²) in [4.78, 5) is 8.35. The van der Waals surface area contributed by atoms with E-state index in [2.05, 4.69) is 25.9 Å². The maximum Gasteiger partial charge on any atom is 0.135 e. The van der Waals surface area contributed by atoms with Crippen LogP contribution in [0.4, 0.5) is 5.82 Å². The van der Waals surface area contributed by atoms with E-state index >= 15 is 0 Å². The fourth-order valence-corrected chi connectivity index (χ4v) is 2.48. The predicted molar refractivity (Wildman–Crippen MR) is 85.5 cm³/mol. The van der Waals surface area contributed by atoms with Crippen molar-refractivity contribution >= 4 is 21.7 Å². The van der Waals surface area contributed by atoms with Crippen molar-refractivity contribution in [2.75, 3.05) is 12.8 Å². The molecule has 0 unspecified atom stereocenters. The summed E-state index contributed by atoms with van der Waals surface area (Å²) in [7, 11) is 1.64. The Morgan fingerprint density at radius 1 is 1.19 bits per heavy atom. The predicted octanol–water partition coefficient (Wildman–Crippen LogP) is 3.29. The van der Waals surface area contributed by atoms with Gasteiger partial charge in [-0.1, -0.05) is 0 Å². The average Bonchev–Trinajstić information content (AvgIpc) is 2.98. The molecule has 1 aromatic carbocycles. The molecule has 0 saturated carbocycles. The summed E-state index contributed by atoms with van der Waals surface area (Å²) in [5.41, 5.74) is 8.47. The smallest absolute Gasteiger partial charge is 0.135 e. The Morgan fingerprint density at radius 3 is 2.76 bits per heavy atom. The fraction of sp³-hybridized carbons (Fsp3) is 0.0667. The van der Waals surface area contributed by atoms with Crippen molar-refractivity contribution in [3.8, 4) is 22.7 Å². The Bertz CT molecular complexity index is 768. The lowest BCUT2D eigenvalue weighted by Crippen LogP contribution is -1.97. The quantitative estimate of drug-likeness (QED) is 0.791. The molecule has 3 rings (SSSR count). The van der Waals surface area contributed by atoms with E-state index in [9.17, 15) is 0 Å². The van der Waals surface area contributed by atoms with Crippen molar-refractivity contribution in [3.63, 3.8) is 0 Å². The van der Waals surface area contributed by atoms with Crippen LogP contribution in [0.25, 0.3) is 16.9 Å². The van der Waals surface area contributed by atoms with Crippen molar-refractivity contribution in [2.45, 2.75) is 0 Å². The van der Waals surface area contributed by atoms with Crippen molar-refractivity contribution in [1.82, 2.24) is 14.5 Å². The molecule has 5 nitrogen and oxygen atoms in total. The zero-order valence-electron chi connectivity index (χ0n) is 11.3. The van der Waals surface area contributed by atoms with E-state index in [1.807, 2.05) is 28.8 Å². The SMILES string of the molecule is COc1cc(-n2cncc2-c2ccc(N)nc2)ccc1Br. The number of anilines is 1. The topological polar surface area (TPSA) is 66.0 Å². The molecule has 0 aliphatic heterocycles. The number of nitrogen functional groups attached to an aromatic ring is 1. The highest BCUT2D eigenvalue weighted by Crippen LogP contribution is 2.29. The third-order valence-corrected chi connectivity index (χ3v) is 3.79. The molecule has 0 spiro atoms. The Balaban J connectivity index is 2.08. The molecule has 21 heavy (non-hydrogen) atoms. The van der Waals surface area contributed by atoms with Gasteiger partial charge in [0.15, 0.2) is 0 Å². The van der Waals surface area contributed by atoms with Gasteiger partial charge in [-0.15, -0.1) is 0 Å². The summed E-state index contributed by atoms with van der Waals surface area (Å²) < 4.78 is 8.22. The molecule has 3 aromatic rings. The lowest BCUT2D eigenvalue weighted by Gasteiger charge is -2.11. The number of halogens is 1. The van der Waals surface area contributed by atoms with Gasteiger partial charge in [-0.25, -0.2) is 9.97 Å². The molecule has 0 fully saturated rings. The number of nitrogens with two attached hydrogens (primary N) is 1. The second-order valence-electron chi connectivity index (χ2n) is 4.44. The number of imidazole rings is 1. The van der Waals surface area contributed by atoms with E-state index in [0.29, 0.717) is 5.82 Å². The summed E-state index contributed by atoms with van der Waals surface area (Å²) in [5, 5.41) is 0. The van der Waals surface area contributed by atoms with Crippen molar-refractivity contribution in [3.05, 3.63) is 53.5 Å². The Labute approximate surface area is 130 Å². The molecular weight excluding hydrogens is 332 g/mol. The van der Waals surface area contributed by atoms with Crippen LogP contribution < -0.4 is 10.5 Å². The lowest BCUT2D eigenvalue weighted by atomic mass is 10.2. The average molecular weight is 345 g/mol. The summed E-state index contributed by atoms with van der Waals surface area (Å²) in [6.45, 7) is 0. The summed E-state index contributed by atoms with van der Waals surface area (Å²) in [6, 6.07) is 9.57. The molecule has 0 aliphatic rings. The van der Waals surface area contributed by atoms with Crippen LogP contribution >= 0.6 is 15.9 Å². The van der Waals surface area contributed by atoms with Crippen molar-refractivity contribution < 1.29 is 4.74 Å². The first-order chi connectivity index (χ1) is 10.2. The number of benzene rings is 1. The molecule has 0 atom stereocenters. The maximum atomic E-state index is 5.63. The number of pyridine rings is 1. The number of methoxy groups -OCH3 is 1. The van der Waals surface area contributed by atoms with Crippen molar-refractivity contribution in [2.24, 2.45) is 0 Å². The zero-order valence-corrected chi connectivity index (χ0v) is 12.9. The molecule has 2 N–H and O–H groups in total. The van der Waals surface area contributed by atoms with Crippen LogP contribution in [0.3, 0.4) is 0 Å². The van der Waals surface area contributed by atoms with Gasteiger partial charge in [-0.2, -0.15) is 0 Å². The lowest BCUT2D eigenvalue weighted by molar-refractivity contribution is 0.412. The Kier molecular flexibility index (Phi) is 3.62. The number of rotatable bonds is 3. The molecule has 2 heterocycles. The van der Waals surface area contributed by atoms with Crippen LogP contribution in [-0.2, 0) is 0 Å². The zero-order chi connectivity index (χ0) is 14.8. The van der Waals surface area contributed by atoms with Crippen LogP contribution in [0, 0.1) is 0 Å². The molecule has 0 amide bonds. The highest BCUT2D eigenvalue weighted by Gasteiger charge is 2.09. The fourth-order valence-electron chi connectivity index (χ4n) is 2.07. The molecular formula is C15H13BrN4O. The monoisotopic (exact) mass is 344 g/mol. The van der Waals surface area contributed by atoms with Crippen LogP contribution in [0.2, 0.25) is 0 Å². The van der Waals surface area contributed by atoms with Crippen molar-refractivity contribution in [1.29, 1.82) is 0 Å². The molecule has 2 aromatic heterocycles. The van der Waals surface area contributed by atoms with Gasteiger partial charge >= 0.3 is 0 Å². The van der Waals surface area contributed by atoms with Crippen LogP contribution in [0.1, 0.15) is 0 Å². The highest BCUT2D eigenvalue weighted by atomic mass is 79.9. The molecule has 6 heteroatoms. The summed E-state index contributed by atoms with van der Waals surface area (Å²) >= 11 is 3.45. The minimum atomic E-state index is 0.495. The summed E-state index contributed by atoms with van der Waals surface area (Å²) in [5.74, 6) is 1.26. The first-order valence-electron chi connectivity index (χ1n) is 6.27. The third kappa shape index (κ3) is 2.62. The maximum absolute atomic E-state index is 5.63. The number of ether oxygens (including phenoxy) is 1. The number of hydrogen-bond donors (Lipinski definition) is 1. The van der Waals surface area contributed by atoms with Gasteiger partial charge in [0.25, 0.3) is 0 Å². The van der Waals surface area contributed by atoms with Gasteiger partial charge in [-0.05, 0) is 40.2 Å². The van der Waals surface area contributed by atoms with Crippen LogP contribution in [0.5, 0.6) is 5.75 Å². The van der Waals surface area contributed by atoms with Gasteiger partial charge < -0.3 is 10.5 Å². The second-order valence-corrected chi connectivity index (χ2v) is 5.29. The molecule has 0 bridgehead atoms. The molecule has 0 saturated heterocycles. The van der Waals surface area contributed by atoms with Crippen LogP contribution in [0.15, 0.2) is 53.5 Å². The molecule has 0 aliphatic carbocycles. The van der Waals surface area contributed by atoms with Gasteiger partial charge in [0.2, 0.25) is 0 Å². The van der Waals surface area contributed by atoms with Gasteiger partial charge in [-0.3, -0.25) is 4.57 Å². The van der Waals surface area contributed by atoms with E-state index in [1.165, 1.54) is 0 Å². The minimum absolute atomic E-state index is 0.495. The van der Waals surface area contributed by atoms with Gasteiger partial charge in [0.1, 0.15) is 11.6 Å². The van der Waals surface area contributed by atoms with Gasteiger partial charge in [0, 0.05) is 17.8 Å². The van der Waals surface area contributed by atoms with E-state index in [1.54, 1.807) is 31.9 Å². The number of hydrogen-bond acceptors (Lipinski definition) is 4. The normalized spacial score (nSPS) is 10.6. The Morgan fingerprint density at radius 2 is 2.05 bits per heavy atom. The number of nitrogens with zero attached hydrogens (tertiary/aromatic N) is 3. The van der Waals surface area contributed by atoms with E-state index in [4.69, 9.17) is 10.5 Å². The highest BCUT2D eigenvalue weighted by molar-refractivity contribution is 9.10. The standard InChI is InChI=1S/C15H13BrN4O/c1-21-14-6-11(3-4-12(14)16)20-9-18-8-13(20)10-2-5-15(17)19-7-10/h2-9H,1H3,(H2,17,19). The first-order valence-corrected chi connectivity index (χ1v) is 7.06. The molecule has 106 valence electrons. The summed E-state index contributed by atoms with van der Waals surface area (Å²) in [6.07, 6.45) is 5.29. The Hall–Kier alpha value is -2.34. The number of aromatic nitrogens is 3.